The van der Waals surface area contributed by atoms with Gasteiger partial charge in [0.25, 0.3) is 5.91 Å². The molecule has 0 spiro atoms. The Morgan fingerprint density at radius 1 is 0.897 bits per heavy atom. The van der Waals surface area contributed by atoms with Crippen molar-refractivity contribution in [1.29, 1.82) is 0 Å². The number of hydrogen-bond donors (Lipinski definition) is 1. The molecule has 0 unspecified atom stereocenters. The zero-order chi connectivity index (χ0) is 20.1. The Bertz CT molecular complexity index is 977. The Morgan fingerprint density at radius 3 is 2.24 bits per heavy atom. The third-order valence-electron chi connectivity index (χ3n) is 5.11. The minimum absolute atomic E-state index is 0.0816. The van der Waals surface area contributed by atoms with Crippen LogP contribution in [0.4, 0.5) is 5.82 Å². The summed E-state index contributed by atoms with van der Waals surface area (Å²) < 4.78 is 1.63. The predicted molar refractivity (Wildman–Crippen MR) is 112 cm³/mol. The van der Waals surface area contributed by atoms with Crippen molar-refractivity contribution >= 4 is 17.6 Å². The molecule has 1 N–H and O–H groups in total. The van der Waals surface area contributed by atoms with Crippen LogP contribution in [0, 0.1) is 0 Å². The normalized spacial score (nSPS) is 13.9. The van der Waals surface area contributed by atoms with Crippen molar-refractivity contribution in [3.05, 3.63) is 78.0 Å². The first kappa shape index (κ1) is 18.9. The van der Waals surface area contributed by atoms with Gasteiger partial charge < -0.3 is 10.2 Å². The summed E-state index contributed by atoms with van der Waals surface area (Å²) in [5.41, 5.74) is 2.14. The van der Waals surface area contributed by atoms with E-state index in [9.17, 15) is 9.59 Å². The maximum Gasteiger partial charge on any atom is 0.259 e. The zero-order valence-electron chi connectivity index (χ0n) is 16.3. The molecule has 4 rings (SSSR count). The summed E-state index contributed by atoms with van der Waals surface area (Å²) in [6.45, 7) is 1.49. The largest absolute Gasteiger partial charge is 0.338 e. The summed E-state index contributed by atoms with van der Waals surface area (Å²) in [4.78, 5) is 27.7. The molecule has 2 heterocycles. The lowest BCUT2D eigenvalue weighted by Crippen LogP contribution is -2.36. The molecule has 0 aliphatic carbocycles. The Kier molecular flexibility index (Phi) is 5.70. The number of rotatable bonds is 5. The fourth-order valence-electron chi connectivity index (χ4n) is 3.62. The van der Waals surface area contributed by atoms with E-state index in [1.54, 1.807) is 10.9 Å². The number of carbonyl (C=O) groups is 2. The second kappa shape index (κ2) is 8.73. The number of piperidine rings is 1. The van der Waals surface area contributed by atoms with Crippen molar-refractivity contribution in [3.63, 3.8) is 0 Å². The molecule has 0 saturated carbocycles. The van der Waals surface area contributed by atoms with Crippen LogP contribution in [-0.4, -0.2) is 39.6 Å². The smallest absolute Gasteiger partial charge is 0.259 e. The fourth-order valence-corrected chi connectivity index (χ4v) is 3.62. The lowest BCUT2D eigenvalue weighted by Gasteiger charge is -2.26. The van der Waals surface area contributed by atoms with Crippen LogP contribution < -0.4 is 5.32 Å². The van der Waals surface area contributed by atoms with Crippen molar-refractivity contribution in [2.24, 2.45) is 0 Å². The number of nitrogens with zero attached hydrogens (tertiary/aromatic N) is 3. The molecule has 1 fully saturated rings. The Balaban J connectivity index is 1.64. The summed E-state index contributed by atoms with van der Waals surface area (Å²) in [6, 6.07) is 19.1. The van der Waals surface area contributed by atoms with Crippen molar-refractivity contribution < 1.29 is 9.59 Å². The van der Waals surface area contributed by atoms with Gasteiger partial charge in [0.05, 0.1) is 18.3 Å². The first-order valence-electron chi connectivity index (χ1n) is 9.99. The monoisotopic (exact) mass is 388 g/mol. The molecule has 0 atom stereocenters. The van der Waals surface area contributed by atoms with Gasteiger partial charge in [0.1, 0.15) is 11.4 Å². The average Bonchev–Trinajstić information content (AvgIpc) is 3.18. The summed E-state index contributed by atoms with van der Waals surface area (Å²) in [7, 11) is 0. The minimum Gasteiger partial charge on any atom is -0.338 e. The summed E-state index contributed by atoms with van der Waals surface area (Å²) in [5, 5.41) is 7.36. The van der Waals surface area contributed by atoms with Crippen molar-refractivity contribution in [2.75, 3.05) is 18.4 Å². The van der Waals surface area contributed by atoms with Crippen LogP contribution in [0.25, 0.3) is 5.69 Å². The molecule has 1 aliphatic heterocycles. The van der Waals surface area contributed by atoms with E-state index in [0.29, 0.717) is 11.4 Å². The van der Waals surface area contributed by atoms with Crippen molar-refractivity contribution in [3.8, 4) is 5.69 Å². The van der Waals surface area contributed by atoms with Crippen LogP contribution >= 0.6 is 0 Å². The Hall–Kier alpha value is -3.41. The number of hydrogen-bond acceptors (Lipinski definition) is 3. The number of benzene rings is 2. The van der Waals surface area contributed by atoms with Crippen LogP contribution in [-0.2, 0) is 11.2 Å². The fraction of sp³-hybridized carbons (Fsp3) is 0.261. The van der Waals surface area contributed by atoms with E-state index in [2.05, 4.69) is 10.4 Å². The first-order chi connectivity index (χ1) is 14.2. The van der Waals surface area contributed by atoms with Gasteiger partial charge in [-0.3, -0.25) is 9.59 Å². The van der Waals surface area contributed by atoms with Crippen LogP contribution in [0.2, 0.25) is 0 Å². The quantitative estimate of drug-likeness (QED) is 0.725. The number of aromatic nitrogens is 2. The highest BCUT2D eigenvalue weighted by atomic mass is 16.2. The van der Waals surface area contributed by atoms with Gasteiger partial charge in [-0.1, -0.05) is 48.5 Å². The molecule has 1 aromatic heterocycles. The summed E-state index contributed by atoms with van der Waals surface area (Å²) in [5.74, 6) is 0.163. The Labute approximate surface area is 170 Å². The summed E-state index contributed by atoms with van der Waals surface area (Å²) >= 11 is 0. The van der Waals surface area contributed by atoms with Gasteiger partial charge in [0.2, 0.25) is 5.91 Å². The number of nitrogens with one attached hydrogen (secondary N) is 1. The molecule has 0 bridgehead atoms. The van der Waals surface area contributed by atoms with Crippen molar-refractivity contribution in [2.45, 2.75) is 25.7 Å². The average molecular weight is 388 g/mol. The van der Waals surface area contributed by atoms with E-state index >= 15 is 0 Å². The van der Waals surface area contributed by atoms with Crippen LogP contribution in [0.5, 0.6) is 0 Å². The SMILES string of the molecule is O=C(Cc1ccccc1)Nc1c(C(=O)N2CCCCC2)cnn1-c1ccccc1. The molecule has 3 aromatic rings. The highest BCUT2D eigenvalue weighted by Crippen LogP contribution is 2.23. The number of likely N-dealkylation sites (tertiary alicyclic amines) is 1. The molecule has 2 amide bonds. The zero-order valence-corrected chi connectivity index (χ0v) is 16.3. The van der Waals surface area contributed by atoms with Crippen LogP contribution in [0.3, 0.4) is 0 Å². The second-order valence-electron chi connectivity index (χ2n) is 7.22. The summed E-state index contributed by atoms with van der Waals surface area (Å²) in [6.07, 6.45) is 4.95. The van der Waals surface area contributed by atoms with Gasteiger partial charge in [0.15, 0.2) is 0 Å². The van der Waals surface area contributed by atoms with E-state index in [-0.39, 0.29) is 18.2 Å². The third-order valence-corrected chi connectivity index (χ3v) is 5.11. The maximum absolute atomic E-state index is 13.1. The van der Waals surface area contributed by atoms with Gasteiger partial charge in [-0.25, -0.2) is 4.68 Å². The number of para-hydroxylation sites is 1. The highest BCUT2D eigenvalue weighted by molar-refractivity contribution is 6.03. The molecular weight excluding hydrogens is 364 g/mol. The Morgan fingerprint density at radius 2 is 1.55 bits per heavy atom. The molecule has 2 aromatic carbocycles. The predicted octanol–water partition coefficient (Wildman–Crippen LogP) is 3.68. The van der Waals surface area contributed by atoms with E-state index in [1.807, 2.05) is 65.6 Å². The number of amides is 2. The molecule has 29 heavy (non-hydrogen) atoms. The van der Waals surface area contributed by atoms with Gasteiger partial charge in [-0.05, 0) is 37.0 Å². The van der Waals surface area contributed by atoms with E-state index in [1.165, 1.54) is 0 Å². The van der Waals surface area contributed by atoms with E-state index in [4.69, 9.17) is 0 Å². The van der Waals surface area contributed by atoms with Gasteiger partial charge >= 0.3 is 0 Å². The molecular formula is C23H24N4O2. The molecule has 148 valence electrons. The number of anilines is 1. The minimum atomic E-state index is -0.179. The molecule has 0 radical (unpaired) electrons. The second-order valence-corrected chi connectivity index (χ2v) is 7.22. The third kappa shape index (κ3) is 4.37. The first-order valence-corrected chi connectivity index (χ1v) is 9.99. The highest BCUT2D eigenvalue weighted by Gasteiger charge is 2.25. The van der Waals surface area contributed by atoms with Crippen LogP contribution in [0.15, 0.2) is 66.9 Å². The molecule has 1 aliphatic rings. The molecule has 6 nitrogen and oxygen atoms in total. The van der Waals surface area contributed by atoms with Gasteiger partial charge in [0, 0.05) is 13.1 Å². The van der Waals surface area contributed by atoms with Gasteiger partial charge in [-0.2, -0.15) is 5.10 Å². The maximum atomic E-state index is 13.1. The van der Waals surface area contributed by atoms with Gasteiger partial charge in [-0.15, -0.1) is 0 Å². The standard InChI is InChI=1S/C23H24N4O2/c28-21(16-18-10-4-1-5-11-18)25-22-20(23(29)26-14-8-3-9-15-26)17-24-27(22)19-12-6-2-7-13-19/h1-2,4-7,10-13,17H,3,8-9,14-16H2,(H,25,28). The van der Waals surface area contributed by atoms with E-state index in [0.717, 1.165) is 43.6 Å². The van der Waals surface area contributed by atoms with Crippen LogP contribution in [0.1, 0.15) is 35.2 Å². The number of carbonyl (C=O) groups excluding carboxylic acids is 2. The van der Waals surface area contributed by atoms with E-state index < -0.39 is 0 Å². The molecule has 1 saturated heterocycles. The van der Waals surface area contributed by atoms with Crippen molar-refractivity contribution in [1.82, 2.24) is 14.7 Å². The molecule has 6 heteroatoms. The lowest BCUT2D eigenvalue weighted by atomic mass is 10.1. The lowest BCUT2D eigenvalue weighted by molar-refractivity contribution is -0.115. The topological polar surface area (TPSA) is 67.2 Å².